The van der Waals surface area contributed by atoms with E-state index in [9.17, 15) is 9.59 Å². The summed E-state index contributed by atoms with van der Waals surface area (Å²) in [5.74, 6) is -0.0575. The second-order valence-corrected chi connectivity index (χ2v) is 6.71. The Labute approximate surface area is 104 Å². The van der Waals surface area contributed by atoms with Crippen LogP contribution in [0, 0.1) is 5.41 Å². The van der Waals surface area contributed by atoms with Crippen LogP contribution in [0.4, 0.5) is 0 Å². The monoisotopic (exact) mass is 240 g/mol. The van der Waals surface area contributed by atoms with Crippen molar-refractivity contribution in [3.05, 3.63) is 0 Å². The van der Waals surface area contributed by atoms with E-state index in [1.807, 2.05) is 13.8 Å². The number of nitrogens with one attached hydrogen (secondary N) is 1. The summed E-state index contributed by atoms with van der Waals surface area (Å²) in [6.45, 7) is 12.4. The molecular formula is C13H24N2O2. The number of hydrogen-bond acceptors (Lipinski definition) is 2. The van der Waals surface area contributed by atoms with Gasteiger partial charge in [-0.1, -0.05) is 20.8 Å². The highest BCUT2D eigenvalue weighted by Gasteiger charge is 2.41. The Kier molecular flexibility index (Phi) is 3.55. The first-order valence-corrected chi connectivity index (χ1v) is 6.14. The van der Waals surface area contributed by atoms with Gasteiger partial charge in [-0.2, -0.15) is 0 Å². The summed E-state index contributed by atoms with van der Waals surface area (Å²) in [5.41, 5.74) is -0.177. The zero-order valence-electron chi connectivity index (χ0n) is 11.8. The van der Waals surface area contributed by atoms with Crippen LogP contribution >= 0.6 is 0 Å². The number of carbonyl (C=O) groups is 2. The zero-order chi connectivity index (χ0) is 13.4. The van der Waals surface area contributed by atoms with Gasteiger partial charge in [-0.25, -0.2) is 0 Å². The van der Waals surface area contributed by atoms with Crippen LogP contribution in [0.1, 0.15) is 48.0 Å². The minimum atomic E-state index is -0.381. The molecule has 0 aromatic rings. The molecule has 0 saturated carbocycles. The Morgan fingerprint density at radius 2 is 1.76 bits per heavy atom. The normalized spacial score (nSPS) is 22.7. The van der Waals surface area contributed by atoms with Gasteiger partial charge in [0.05, 0.1) is 6.54 Å². The van der Waals surface area contributed by atoms with Gasteiger partial charge in [-0.3, -0.25) is 9.59 Å². The maximum atomic E-state index is 12.0. The Morgan fingerprint density at radius 3 is 2.24 bits per heavy atom. The molecule has 1 aliphatic heterocycles. The Bertz CT molecular complexity index is 329. The van der Waals surface area contributed by atoms with Gasteiger partial charge in [0, 0.05) is 5.54 Å². The molecule has 0 radical (unpaired) electrons. The van der Waals surface area contributed by atoms with Crippen LogP contribution in [0.25, 0.3) is 0 Å². The van der Waals surface area contributed by atoms with Crippen molar-refractivity contribution in [1.82, 2.24) is 10.2 Å². The summed E-state index contributed by atoms with van der Waals surface area (Å²) in [6, 6.07) is -0.381. The van der Waals surface area contributed by atoms with E-state index < -0.39 is 0 Å². The average molecular weight is 240 g/mol. The minimum Gasteiger partial charge on any atom is -0.345 e. The van der Waals surface area contributed by atoms with Crippen molar-refractivity contribution in [1.29, 1.82) is 0 Å². The van der Waals surface area contributed by atoms with Crippen LogP contribution < -0.4 is 5.32 Å². The van der Waals surface area contributed by atoms with Crippen molar-refractivity contribution in [2.75, 3.05) is 6.54 Å². The maximum Gasteiger partial charge on any atom is 0.243 e. The lowest BCUT2D eigenvalue weighted by atomic mass is 9.80. The fourth-order valence-electron chi connectivity index (χ4n) is 2.97. The smallest absolute Gasteiger partial charge is 0.243 e. The molecule has 1 N–H and O–H groups in total. The molecule has 0 bridgehead atoms. The Hall–Kier alpha value is -1.06. The SMILES string of the molecule is CC1C(=O)NCC(=O)N1C(C)(C)CC(C)(C)C. The number of hydrogen-bond donors (Lipinski definition) is 1. The molecular weight excluding hydrogens is 216 g/mol. The summed E-state index contributed by atoms with van der Waals surface area (Å²) < 4.78 is 0. The van der Waals surface area contributed by atoms with E-state index in [2.05, 4.69) is 26.1 Å². The molecule has 1 unspecified atom stereocenters. The molecule has 4 nitrogen and oxygen atoms in total. The van der Waals surface area contributed by atoms with Gasteiger partial charge in [-0.05, 0) is 32.6 Å². The molecule has 1 saturated heterocycles. The van der Waals surface area contributed by atoms with Crippen molar-refractivity contribution >= 4 is 11.8 Å². The molecule has 0 aromatic carbocycles. The number of nitrogens with zero attached hydrogens (tertiary/aromatic N) is 1. The van der Waals surface area contributed by atoms with Crippen molar-refractivity contribution in [3.8, 4) is 0 Å². The van der Waals surface area contributed by atoms with Gasteiger partial charge >= 0.3 is 0 Å². The fraction of sp³-hybridized carbons (Fsp3) is 0.846. The van der Waals surface area contributed by atoms with Crippen LogP contribution in [0.3, 0.4) is 0 Å². The van der Waals surface area contributed by atoms with E-state index in [4.69, 9.17) is 0 Å². The first-order chi connectivity index (χ1) is 7.54. The predicted molar refractivity (Wildman–Crippen MR) is 67.5 cm³/mol. The molecule has 1 heterocycles. The summed E-state index contributed by atoms with van der Waals surface area (Å²) in [4.78, 5) is 25.4. The largest absolute Gasteiger partial charge is 0.345 e. The van der Waals surface area contributed by atoms with E-state index in [1.54, 1.807) is 11.8 Å². The van der Waals surface area contributed by atoms with Crippen molar-refractivity contribution in [3.63, 3.8) is 0 Å². The summed E-state index contributed by atoms with van der Waals surface area (Å²) >= 11 is 0. The lowest BCUT2D eigenvalue weighted by molar-refractivity contribution is -0.152. The number of amides is 2. The van der Waals surface area contributed by atoms with Gasteiger partial charge in [0.1, 0.15) is 6.04 Å². The van der Waals surface area contributed by atoms with Gasteiger partial charge in [0.15, 0.2) is 0 Å². The fourth-order valence-corrected chi connectivity index (χ4v) is 2.97. The second-order valence-electron chi connectivity index (χ2n) is 6.71. The molecule has 4 heteroatoms. The lowest BCUT2D eigenvalue weighted by Gasteiger charge is -2.47. The lowest BCUT2D eigenvalue weighted by Crippen LogP contribution is -2.64. The molecule has 1 rings (SSSR count). The number of rotatable bonds is 2. The van der Waals surface area contributed by atoms with Gasteiger partial charge in [-0.15, -0.1) is 0 Å². The molecule has 2 amide bonds. The third-order valence-corrected chi connectivity index (χ3v) is 3.06. The third-order valence-electron chi connectivity index (χ3n) is 3.06. The van der Waals surface area contributed by atoms with Crippen LogP contribution in [0.2, 0.25) is 0 Å². The van der Waals surface area contributed by atoms with Gasteiger partial charge < -0.3 is 10.2 Å². The van der Waals surface area contributed by atoms with Crippen molar-refractivity contribution in [2.45, 2.75) is 59.5 Å². The molecule has 1 fully saturated rings. The van der Waals surface area contributed by atoms with Crippen LogP contribution in [0.15, 0.2) is 0 Å². The molecule has 98 valence electrons. The molecule has 0 aliphatic carbocycles. The highest BCUT2D eigenvalue weighted by molar-refractivity contribution is 5.94. The molecule has 0 spiro atoms. The van der Waals surface area contributed by atoms with Crippen LogP contribution in [0.5, 0.6) is 0 Å². The van der Waals surface area contributed by atoms with E-state index in [0.717, 1.165) is 6.42 Å². The highest BCUT2D eigenvalue weighted by Crippen LogP contribution is 2.33. The van der Waals surface area contributed by atoms with Crippen molar-refractivity contribution in [2.24, 2.45) is 5.41 Å². The summed E-state index contributed by atoms with van der Waals surface area (Å²) in [6.07, 6.45) is 0.864. The molecule has 1 aliphatic rings. The average Bonchev–Trinajstić information content (AvgIpc) is 2.07. The summed E-state index contributed by atoms with van der Waals surface area (Å²) in [5, 5.41) is 2.62. The molecule has 0 aromatic heterocycles. The van der Waals surface area contributed by atoms with E-state index in [-0.39, 0.29) is 35.4 Å². The van der Waals surface area contributed by atoms with Crippen LogP contribution in [-0.2, 0) is 9.59 Å². The minimum absolute atomic E-state index is 0.00588. The highest BCUT2D eigenvalue weighted by atomic mass is 16.2. The Balaban J connectivity index is 2.95. The van der Waals surface area contributed by atoms with E-state index in [1.165, 1.54) is 0 Å². The summed E-state index contributed by atoms with van der Waals surface area (Å²) in [7, 11) is 0. The van der Waals surface area contributed by atoms with Crippen molar-refractivity contribution < 1.29 is 9.59 Å². The Morgan fingerprint density at radius 1 is 1.24 bits per heavy atom. The third kappa shape index (κ3) is 3.20. The quantitative estimate of drug-likeness (QED) is 0.796. The predicted octanol–water partition coefficient (Wildman–Crippen LogP) is 1.55. The number of carbonyl (C=O) groups excluding carboxylic acids is 2. The number of piperazine rings is 1. The maximum absolute atomic E-state index is 12.0. The standard InChI is InChI=1S/C13H24N2O2/c1-9-11(17)14-7-10(16)15(9)13(5,6)8-12(2,3)4/h9H,7-8H2,1-6H3,(H,14,17). The molecule has 1 atom stereocenters. The van der Waals surface area contributed by atoms with Gasteiger partial charge in [0.25, 0.3) is 0 Å². The van der Waals surface area contributed by atoms with E-state index >= 15 is 0 Å². The molecule has 17 heavy (non-hydrogen) atoms. The second kappa shape index (κ2) is 4.31. The topological polar surface area (TPSA) is 49.4 Å². The first-order valence-electron chi connectivity index (χ1n) is 6.14. The first kappa shape index (κ1) is 14.0. The zero-order valence-corrected chi connectivity index (χ0v) is 11.8. The van der Waals surface area contributed by atoms with Crippen LogP contribution in [-0.4, -0.2) is 34.8 Å². The van der Waals surface area contributed by atoms with E-state index in [0.29, 0.717) is 0 Å². The van der Waals surface area contributed by atoms with Gasteiger partial charge in [0.2, 0.25) is 11.8 Å².